The van der Waals surface area contributed by atoms with E-state index in [-0.39, 0.29) is 11.9 Å². The summed E-state index contributed by atoms with van der Waals surface area (Å²) in [5.41, 5.74) is 0. The lowest BCUT2D eigenvalue weighted by molar-refractivity contribution is -0.143. The Labute approximate surface area is 295 Å². The molecule has 276 valence electrons. The van der Waals surface area contributed by atoms with E-state index in [0.29, 0.717) is 26.1 Å². The number of unbranched alkanes of at least 4 members (excludes halogenated alkanes) is 16. The average Bonchev–Trinajstić information content (AvgIpc) is 3.49. The summed E-state index contributed by atoms with van der Waals surface area (Å²) in [5, 5.41) is 0. The molecule has 0 aliphatic carbocycles. The van der Waals surface area contributed by atoms with E-state index in [0.717, 1.165) is 76.9 Å². The number of carbonyl (C=O) groups is 2. The first kappa shape index (κ1) is 43.6. The van der Waals surface area contributed by atoms with Crippen LogP contribution < -0.4 is 0 Å². The molecule has 0 saturated heterocycles. The zero-order valence-corrected chi connectivity index (χ0v) is 31.4. The molecular formula is C41H73N3O4. The minimum Gasteiger partial charge on any atom is -0.461 e. The molecule has 0 N–H and O–H groups in total. The molecule has 1 rings (SSSR count). The maximum Gasteiger partial charge on any atom is 0.306 e. The SMILES string of the molecule is CCCCCC/C=C\COC(=O)CCCCCCCN(CCCCCCCC(=O)OC/C=C\CCCCCC)CCCn1ccnc1C. The van der Waals surface area contributed by atoms with Crippen LogP contribution in [0.5, 0.6) is 0 Å². The molecule has 0 bridgehead atoms. The van der Waals surface area contributed by atoms with Crippen LogP contribution in [-0.2, 0) is 25.6 Å². The van der Waals surface area contributed by atoms with Crippen LogP contribution in [0.4, 0.5) is 0 Å². The van der Waals surface area contributed by atoms with Crippen molar-refractivity contribution in [1.82, 2.24) is 14.5 Å². The van der Waals surface area contributed by atoms with Crippen LogP contribution >= 0.6 is 0 Å². The van der Waals surface area contributed by atoms with Gasteiger partial charge in [-0.15, -0.1) is 0 Å². The Morgan fingerprint density at radius 2 is 1.08 bits per heavy atom. The average molecular weight is 672 g/mol. The highest BCUT2D eigenvalue weighted by Gasteiger charge is 2.07. The lowest BCUT2D eigenvalue weighted by Gasteiger charge is -2.22. The number of aromatic nitrogens is 2. The van der Waals surface area contributed by atoms with Gasteiger partial charge in [0, 0.05) is 31.8 Å². The van der Waals surface area contributed by atoms with Crippen molar-refractivity contribution in [3.05, 3.63) is 42.5 Å². The highest BCUT2D eigenvalue weighted by molar-refractivity contribution is 5.69. The van der Waals surface area contributed by atoms with Gasteiger partial charge in [0.2, 0.25) is 0 Å². The zero-order chi connectivity index (χ0) is 34.8. The molecule has 48 heavy (non-hydrogen) atoms. The van der Waals surface area contributed by atoms with Gasteiger partial charge in [-0.3, -0.25) is 9.59 Å². The Morgan fingerprint density at radius 1 is 0.625 bits per heavy atom. The van der Waals surface area contributed by atoms with E-state index in [1.807, 2.05) is 18.3 Å². The van der Waals surface area contributed by atoms with E-state index in [9.17, 15) is 9.59 Å². The zero-order valence-electron chi connectivity index (χ0n) is 31.4. The number of esters is 2. The highest BCUT2D eigenvalue weighted by Crippen LogP contribution is 2.11. The molecule has 0 atom stereocenters. The third-order valence-corrected chi connectivity index (χ3v) is 8.97. The predicted molar refractivity (Wildman–Crippen MR) is 201 cm³/mol. The predicted octanol–water partition coefficient (Wildman–Crippen LogP) is 10.7. The molecule has 0 aliphatic heterocycles. The monoisotopic (exact) mass is 672 g/mol. The van der Waals surface area contributed by atoms with Crippen LogP contribution in [0, 0.1) is 6.92 Å². The van der Waals surface area contributed by atoms with Crippen molar-refractivity contribution in [3.8, 4) is 0 Å². The molecule has 0 aliphatic rings. The quantitative estimate of drug-likeness (QED) is 0.0412. The van der Waals surface area contributed by atoms with Gasteiger partial charge in [-0.25, -0.2) is 4.98 Å². The molecule has 0 fully saturated rings. The summed E-state index contributed by atoms with van der Waals surface area (Å²) in [6.07, 6.45) is 37.9. The van der Waals surface area contributed by atoms with E-state index in [2.05, 4.69) is 53.6 Å². The first-order valence-corrected chi connectivity index (χ1v) is 19.9. The van der Waals surface area contributed by atoms with Gasteiger partial charge in [0.05, 0.1) is 0 Å². The number of rotatable bonds is 34. The first-order valence-electron chi connectivity index (χ1n) is 19.9. The molecule has 0 unspecified atom stereocenters. The molecule has 7 nitrogen and oxygen atoms in total. The van der Waals surface area contributed by atoms with Gasteiger partial charge in [0.1, 0.15) is 19.0 Å². The van der Waals surface area contributed by atoms with Crippen molar-refractivity contribution >= 4 is 11.9 Å². The van der Waals surface area contributed by atoms with Crippen molar-refractivity contribution in [2.24, 2.45) is 0 Å². The number of hydrogen-bond donors (Lipinski definition) is 0. The first-order chi connectivity index (χ1) is 23.6. The largest absolute Gasteiger partial charge is 0.461 e. The second-order valence-electron chi connectivity index (χ2n) is 13.4. The molecule has 0 amide bonds. The third kappa shape index (κ3) is 27.5. The van der Waals surface area contributed by atoms with Crippen LogP contribution in [0.25, 0.3) is 0 Å². The summed E-state index contributed by atoms with van der Waals surface area (Å²) >= 11 is 0. The Balaban J connectivity index is 2.15. The number of aryl methyl sites for hydroxylation is 2. The molecule has 0 radical (unpaired) electrons. The van der Waals surface area contributed by atoms with E-state index in [1.54, 1.807) is 0 Å². The maximum absolute atomic E-state index is 12.0. The van der Waals surface area contributed by atoms with Crippen molar-refractivity contribution < 1.29 is 19.1 Å². The van der Waals surface area contributed by atoms with Gasteiger partial charge in [-0.2, -0.15) is 0 Å². The Morgan fingerprint density at radius 3 is 1.56 bits per heavy atom. The molecule has 1 aromatic heterocycles. The minimum absolute atomic E-state index is 0.0684. The summed E-state index contributed by atoms with van der Waals surface area (Å²) in [6.45, 7) is 11.7. The highest BCUT2D eigenvalue weighted by atomic mass is 16.5. The van der Waals surface area contributed by atoms with Crippen LogP contribution in [0.2, 0.25) is 0 Å². The summed E-state index contributed by atoms with van der Waals surface area (Å²) in [4.78, 5) is 31.0. The lowest BCUT2D eigenvalue weighted by Crippen LogP contribution is -2.28. The van der Waals surface area contributed by atoms with Gasteiger partial charge in [-0.05, 0) is 84.3 Å². The van der Waals surface area contributed by atoms with Crippen LogP contribution in [-0.4, -0.2) is 59.2 Å². The van der Waals surface area contributed by atoms with E-state index >= 15 is 0 Å². The minimum atomic E-state index is -0.0684. The summed E-state index contributed by atoms with van der Waals surface area (Å²) in [6, 6.07) is 0. The Kier molecular flexibility index (Phi) is 30.1. The number of nitrogens with zero attached hydrogens (tertiary/aromatic N) is 3. The van der Waals surface area contributed by atoms with Crippen molar-refractivity contribution in [2.75, 3.05) is 32.8 Å². The van der Waals surface area contributed by atoms with Gasteiger partial charge in [0.25, 0.3) is 0 Å². The molecule has 0 spiro atoms. The molecule has 7 heteroatoms. The molecule has 1 aromatic rings. The third-order valence-electron chi connectivity index (χ3n) is 8.97. The van der Waals surface area contributed by atoms with Crippen LogP contribution in [0.3, 0.4) is 0 Å². The molecule has 0 saturated carbocycles. The van der Waals surface area contributed by atoms with Gasteiger partial charge in [0.15, 0.2) is 0 Å². The van der Waals surface area contributed by atoms with Crippen LogP contribution in [0.1, 0.15) is 167 Å². The number of ether oxygens (including phenoxy) is 2. The maximum atomic E-state index is 12.0. The Hall–Kier alpha value is -2.41. The van der Waals surface area contributed by atoms with E-state index in [4.69, 9.17) is 9.47 Å². The van der Waals surface area contributed by atoms with Gasteiger partial charge in [-0.1, -0.05) is 115 Å². The summed E-state index contributed by atoms with van der Waals surface area (Å²) in [5.74, 6) is 0.944. The summed E-state index contributed by atoms with van der Waals surface area (Å²) < 4.78 is 12.9. The Bertz CT molecular complexity index is 890. The molecular weight excluding hydrogens is 598 g/mol. The number of carbonyl (C=O) groups excluding carboxylic acids is 2. The van der Waals surface area contributed by atoms with Gasteiger partial charge < -0.3 is 18.9 Å². The number of allylic oxidation sites excluding steroid dienone is 2. The van der Waals surface area contributed by atoms with Crippen molar-refractivity contribution in [1.29, 1.82) is 0 Å². The second-order valence-corrected chi connectivity index (χ2v) is 13.4. The van der Waals surface area contributed by atoms with E-state index < -0.39 is 0 Å². The fourth-order valence-electron chi connectivity index (χ4n) is 5.89. The topological polar surface area (TPSA) is 73.7 Å². The fourth-order valence-corrected chi connectivity index (χ4v) is 5.89. The van der Waals surface area contributed by atoms with Crippen molar-refractivity contribution in [3.63, 3.8) is 0 Å². The standard InChI is InChI=1S/C41H73N3O4/c1-4-6-8-10-12-20-26-37-47-40(45)29-22-16-14-18-24-32-43(34-28-35-44-36-31-42-39(44)3)33-25-19-15-17-23-30-41(46)48-38-27-21-13-11-9-7-5-2/h20-21,26-27,31,36H,4-19,22-25,28-30,32-35,37-38H2,1-3H3/b26-20-,27-21-. The van der Waals surface area contributed by atoms with Crippen LogP contribution in [0.15, 0.2) is 36.7 Å². The second kappa shape index (κ2) is 33.1. The normalized spacial score (nSPS) is 11.8. The smallest absolute Gasteiger partial charge is 0.306 e. The lowest BCUT2D eigenvalue weighted by atomic mass is 10.1. The van der Waals surface area contributed by atoms with E-state index in [1.165, 1.54) is 89.9 Å². The number of imidazole rings is 1. The molecule has 0 aromatic carbocycles. The summed E-state index contributed by atoms with van der Waals surface area (Å²) in [7, 11) is 0. The molecule has 1 heterocycles. The fraction of sp³-hybridized carbons (Fsp3) is 0.780. The number of hydrogen-bond acceptors (Lipinski definition) is 6. The van der Waals surface area contributed by atoms with Gasteiger partial charge >= 0.3 is 11.9 Å². The van der Waals surface area contributed by atoms with Crippen molar-refractivity contribution in [2.45, 2.75) is 175 Å².